The Morgan fingerprint density at radius 3 is 2.68 bits per heavy atom. The van der Waals surface area contributed by atoms with Crippen molar-refractivity contribution >= 4 is 38.5 Å². The third-order valence-corrected chi connectivity index (χ3v) is 2.93. The average molecular weight is 354 g/mol. The predicted molar refractivity (Wildman–Crippen MR) is 70.2 cm³/mol. The van der Waals surface area contributed by atoms with E-state index in [0.29, 0.717) is 10.9 Å². The zero-order valence-electron chi connectivity index (χ0n) is 9.45. The maximum Gasteiger partial charge on any atom is 0.573 e. The Morgan fingerprint density at radius 2 is 2.21 bits per heavy atom. The lowest BCUT2D eigenvalue weighted by atomic mass is 10.3. The van der Waals surface area contributed by atoms with E-state index in [9.17, 15) is 13.2 Å². The van der Waals surface area contributed by atoms with Gasteiger partial charge in [0, 0.05) is 0 Å². The first-order valence-corrected chi connectivity index (χ1v) is 6.70. The highest BCUT2D eigenvalue weighted by Crippen LogP contribution is 2.33. The van der Waals surface area contributed by atoms with Crippen molar-refractivity contribution in [3.63, 3.8) is 0 Å². The summed E-state index contributed by atoms with van der Waals surface area (Å²) in [4.78, 5) is 4.04. The molecule has 0 bridgehead atoms. The number of ether oxygens (including phenoxy) is 1. The fourth-order valence-corrected chi connectivity index (χ4v) is 1.85. The maximum atomic E-state index is 12.1. The van der Waals surface area contributed by atoms with Crippen molar-refractivity contribution in [3.8, 4) is 11.9 Å². The minimum Gasteiger partial charge on any atom is -0.405 e. The summed E-state index contributed by atoms with van der Waals surface area (Å²) in [5.74, 6) is -0.356. The maximum absolute atomic E-state index is 12.1. The van der Waals surface area contributed by atoms with Crippen molar-refractivity contribution in [1.29, 1.82) is 5.26 Å². The van der Waals surface area contributed by atoms with Crippen LogP contribution in [0.4, 0.5) is 18.9 Å². The first-order chi connectivity index (χ1) is 8.85. The van der Waals surface area contributed by atoms with Gasteiger partial charge in [-0.15, -0.1) is 13.2 Å². The van der Waals surface area contributed by atoms with Crippen LogP contribution < -0.4 is 10.1 Å². The van der Waals surface area contributed by atoms with Crippen LogP contribution in [0.3, 0.4) is 0 Å². The molecule has 0 aliphatic heterocycles. The molecule has 0 atom stereocenters. The highest BCUT2D eigenvalue weighted by Gasteiger charge is 2.31. The summed E-state index contributed by atoms with van der Waals surface area (Å²) in [5, 5.41) is 11.1. The van der Waals surface area contributed by atoms with Gasteiger partial charge in [0.05, 0.1) is 10.2 Å². The van der Waals surface area contributed by atoms with Crippen LogP contribution in [-0.2, 0) is 0 Å². The van der Waals surface area contributed by atoms with E-state index in [2.05, 4.69) is 31.0 Å². The third-order valence-electron chi connectivity index (χ3n) is 1.73. The van der Waals surface area contributed by atoms with Crippen molar-refractivity contribution in [2.24, 2.45) is 4.99 Å². The largest absolute Gasteiger partial charge is 0.573 e. The van der Waals surface area contributed by atoms with Gasteiger partial charge in [0.1, 0.15) is 5.75 Å². The number of benzene rings is 1. The molecule has 0 aromatic heterocycles. The Bertz CT molecular complexity index is 528. The van der Waals surface area contributed by atoms with Gasteiger partial charge >= 0.3 is 6.36 Å². The molecule has 0 aliphatic rings. The highest BCUT2D eigenvalue weighted by molar-refractivity contribution is 9.10. The number of aliphatic imine (C=N–C) groups is 1. The van der Waals surface area contributed by atoms with E-state index in [1.165, 1.54) is 23.9 Å². The van der Waals surface area contributed by atoms with Crippen LogP contribution in [0.15, 0.2) is 27.7 Å². The van der Waals surface area contributed by atoms with Crippen LogP contribution in [0, 0.1) is 11.5 Å². The van der Waals surface area contributed by atoms with Gasteiger partial charge in [-0.3, -0.25) is 5.32 Å². The normalized spacial score (nSPS) is 11.9. The van der Waals surface area contributed by atoms with Crippen molar-refractivity contribution in [3.05, 3.63) is 22.7 Å². The Kier molecular flexibility index (Phi) is 5.50. The molecule has 0 unspecified atom stereocenters. The highest BCUT2D eigenvalue weighted by atomic mass is 79.9. The Hall–Kier alpha value is -1.40. The number of hydrogen-bond acceptors (Lipinski definition) is 4. The molecule has 1 N–H and O–H groups in total. The minimum atomic E-state index is -4.75. The SMILES string of the molecule is CSC(=Nc1ccc(OC(F)(F)F)c(Br)c1)NC#N. The number of halogens is 4. The fraction of sp³-hybridized carbons (Fsp3) is 0.200. The smallest absolute Gasteiger partial charge is 0.405 e. The number of thioether (sulfide) groups is 1. The van der Waals surface area contributed by atoms with Gasteiger partial charge in [-0.25, -0.2) is 4.99 Å². The lowest BCUT2D eigenvalue weighted by Crippen LogP contribution is -2.17. The molecule has 4 nitrogen and oxygen atoms in total. The summed E-state index contributed by atoms with van der Waals surface area (Å²) in [6.07, 6.45) is -1.33. The molecule has 0 amide bonds. The molecule has 1 rings (SSSR count). The molecule has 0 aliphatic carbocycles. The number of nitriles is 1. The molecule has 102 valence electrons. The molecular formula is C10H7BrF3N3OS. The summed E-state index contributed by atoms with van der Waals surface area (Å²) in [7, 11) is 0. The van der Waals surface area contributed by atoms with E-state index >= 15 is 0 Å². The van der Waals surface area contributed by atoms with Crippen LogP contribution in [0.1, 0.15) is 0 Å². The third kappa shape index (κ3) is 5.40. The minimum absolute atomic E-state index is 0.114. The number of nitrogens with one attached hydrogen (secondary N) is 1. The first-order valence-electron chi connectivity index (χ1n) is 4.69. The second-order valence-corrected chi connectivity index (χ2v) is 4.67. The summed E-state index contributed by atoms with van der Waals surface area (Å²) >= 11 is 4.16. The van der Waals surface area contributed by atoms with Crippen LogP contribution in [0.2, 0.25) is 0 Å². The number of amidine groups is 1. The van der Waals surface area contributed by atoms with Crippen molar-refractivity contribution < 1.29 is 17.9 Å². The van der Waals surface area contributed by atoms with Gasteiger partial charge in [-0.1, -0.05) is 11.8 Å². The van der Waals surface area contributed by atoms with Crippen LogP contribution in [0.5, 0.6) is 5.75 Å². The van der Waals surface area contributed by atoms with E-state index in [0.717, 1.165) is 6.07 Å². The average Bonchev–Trinajstić information content (AvgIpc) is 2.30. The molecule has 0 saturated carbocycles. The predicted octanol–water partition coefficient (Wildman–Crippen LogP) is 3.77. The molecule has 9 heteroatoms. The number of nitrogens with zero attached hydrogens (tertiary/aromatic N) is 2. The van der Waals surface area contributed by atoms with Gasteiger partial charge in [-0.05, 0) is 40.4 Å². The molecule has 19 heavy (non-hydrogen) atoms. The van der Waals surface area contributed by atoms with Gasteiger partial charge in [0.15, 0.2) is 11.4 Å². The number of hydrogen-bond donors (Lipinski definition) is 1. The van der Waals surface area contributed by atoms with E-state index in [1.807, 2.05) is 0 Å². The molecule has 0 spiro atoms. The summed E-state index contributed by atoms with van der Waals surface area (Å²) in [5.41, 5.74) is 0.383. The molecular weight excluding hydrogens is 347 g/mol. The van der Waals surface area contributed by atoms with E-state index in [-0.39, 0.29) is 10.2 Å². The molecule has 0 heterocycles. The topological polar surface area (TPSA) is 57.4 Å². The zero-order chi connectivity index (χ0) is 14.5. The van der Waals surface area contributed by atoms with Gasteiger partial charge in [-0.2, -0.15) is 5.26 Å². The first kappa shape index (κ1) is 15.7. The van der Waals surface area contributed by atoms with E-state index in [1.54, 1.807) is 12.4 Å². The summed E-state index contributed by atoms with van der Waals surface area (Å²) < 4.78 is 40.1. The lowest BCUT2D eigenvalue weighted by Gasteiger charge is -2.10. The zero-order valence-corrected chi connectivity index (χ0v) is 11.9. The number of rotatable bonds is 2. The monoisotopic (exact) mass is 353 g/mol. The summed E-state index contributed by atoms with van der Waals surface area (Å²) in [6.45, 7) is 0. The molecule has 1 aromatic carbocycles. The van der Waals surface area contributed by atoms with Crippen LogP contribution >= 0.6 is 27.7 Å². The second kappa shape index (κ2) is 6.68. The van der Waals surface area contributed by atoms with Gasteiger partial charge in [0.25, 0.3) is 0 Å². The second-order valence-electron chi connectivity index (χ2n) is 3.02. The van der Waals surface area contributed by atoms with Gasteiger partial charge < -0.3 is 4.74 Å². The molecule has 1 aromatic rings. The van der Waals surface area contributed by atoms with Crippen LogP contribution in [-0.4, -0.2) is 17.8 Å². The quantitative estimate of drug-likeness (QED) is 0.380. The Balaban J connectivity index is 2.97. The molecule has 0 fully saturated rings. The fourth-order valence-electron chi connectivity index (χ4n) is 1.06. The standard InChI is InChI=1S/C10H7BrF3N3OS/c1-19-9(16-5-15)17-6-2-3-8(7(11)4-6)18-10(12,13)14/h2-4H,1H3,(H,16,17). The van der Waals surface area contributed by atoms with Crippen molar-refractivity contribution in [1.82, 2.24) is 5.32 Å². The lowest BCUT2D eigenvalue weighted by molar-refractivity contribution is -0.274. The molecule has 0 saturated heterocycles. The Labute approximate surface area is 119 Å². The van der Waals surface area contributed by atoms with Crippen molar-refractivity contribution in [2.45, 2.75) is 6.36 Å². The van der Waals surface area contributed by atoms with E-state index < -0.39 is 6.36 Å². The van der Waals surface area contributed by atoms with Gasteiger partial charge in [0.2, 0.25) is 0 Å². The molecule has 0 radical (unpaired) electrons. The van der Waals surface area contributed by atoms with Crippen molar-refractivity contribution in [2.75, 3.05) is 6.26 Å². The Morgan fingerprint density at radius 1 is 1.53 bits per heavy atom. The van der Waals surface area contributed by atoms with E-state index in [4.69, 9.17) is 5.26 Å². The summed E-state index contributed by atoms with van der Waals surface area (Å²) in [6, 6.07) is 3.85. The van der Waals surface area contributed by atoms with Crippen LogP contribution in [0.25, 0.3) is 0 Å². The number of alkyl halides is 3.